The first-order valence-electron chi connectivity index (χ1n) is 6.34. The Kier molecular flexibility index (Phi) is 4.22. The van der Waals surface area contributed by atoms with Crippen molar-refractivity contribution >= 4 is 11.6 Å². The van der Waals surface area contributed by atoms with Gasteiger partial charge in [-0.15, -0.1) is 21.8 Å². The summed E-state index contributed by atoms with van der Waals surface area (Å²) in [7, 11) is 0. The van der Waals surface area contributed by atoms with Crippen molar-refractivity contribution in [3.63, 3.8) is 0 Å². The molecule has 0 unspecified atom stereocenters. The average Bonchev–Trinajstić information content (AvgIpc) is 2.74. The van der Waals surface area contributed by atoms with Gasteiger partial charge in [0, 0.05) is 12.5 Å². The Bertz CT molecular complexity index is 329. The minimum atomic E-state index is 0.472. The summed E-state index contributed by atoms with van der Waals surface area (Å²) in [6.07, 6.45) is 7.69. The van der Waals surface area contributed by atoms with E-state index >= 15 is 0 Å². The lowest BCUT2D eigenvalue weighted by Crippen LogP contribution is -2.13. The van der Waals surface area contributed by atoms with Crippen molar-refractivity contribution < 1.29 is 0 Å². The van der Waals surface area contributed by atoms with Gasteiger partial charge in [0.05, 0.1) is 5.88 Å². The van der Waals surface area contributed by atoms with E-state index in [9.17, 15) is 0 Å². The standard InChI is InChI=1S/C12H20ClN3/c1-2-8-16-11(9-13)14-15-12(16)10-6-4-3-5-7-10/h10H,2-9H2,1H3. The van der Waals surface area contributed by atoms with E-state index in [1.165, 1.54) is 37.9 Å². The van der Waals surface area contributed by atoms with E-state index < -0.39 is 0 Å². The highest BCUT2D eigenvalue weighted by Crippen LogP contribution is 2.32. The van der Waals surface area contributed by atoms with Crippen molar-refractivity contribution in [3.8, 4) is 0 Å². The van der Waals surface area contributed by atoms with Crippen LogP contribution in [0.1, 0.15) is 63.0 Å². The number of hydrogen-bond donors (Lipinski definition) is 0. The monoisotopic (exact) mass is 241 g/mol. The molecule has 0 spiro atoms. The van der Waals surface area contributed by atoms with Crippen LogP contribution < -0.4 is 0 Å². The first-order valence-corrected chi connectivity index (χ1v) is 6.88. The van der Waals surface area contributed by atoms with Crippen molar-refractivity contribution in [3.05, 3.63) is 11.6 Å². The van der Waals surface area contributed by atoms with Crippen molar-refractivity contribution in [2.75, 3.05) is 0 Å². The van der Waals surface area contributed by atoms with Crippen LogP contribution in [0.3, 0.4) is 0 Å². The first kappa shape index (κ1) is 11.9. The highest BCUT2D eigenvalue weighted by molar-refractivity contribution is 6.16. The molecule has 1 heterocycles. The number of hydrogen-bond acceptors (Lipinski definition) is 2. The van der Waals surface area contributed by atoms with E-state index in [1.807, 2.05) is 0 Å². The molecule has 0 aliphatic heterocycles. The molecule has 16 heavy (non-hydrogen) atoms. The van der Waals surface area contributed by atoms with Crippen LogP contribution in [0.5, 0.6) is 0 Å². The smallest absolute Gasteiger partial charge is 0.147 e. The molecule has 0 amide bonds. The molecule has 0 aromatic carbocycles. The van der Waals surface area contributed by atoms with Crippen molar-refractivity contribution in [2.45, 2.75) is 63.8 Å². The molecule has 0 bridgehead atoms. The van der Waals surface area contributed by atoms with Gasteiger partial charge in [0.1, 0.15) is 11.6 Å². The van der Waals surface area contributed by atoms with Crippen LogP contribution in [0.2, 0.25) is 0 Å². The van der Waals surface area contributed by atoms with Gasteiger partial charge in [-0.2, -0.15) is 0 Å². The number of alkyl halides is 1. The Morgan fingerprint density at radius 1 is 1.25 bits per heavy atom. The Labute approximate surface area is 102 Å². The summed E-state index contributed by atoms with van der Waals surface area (Å²) >= 11 is 5.90. The summed E-state index contributed by atoms with van der Waals surface area (Å²) in [6.45, 7) is 3.18. The molecule has 1 fully saturated rings. The van der Waals surface area contributed by atoms with Gasteiger partial charge in [-0.05, 0) is 19.3 Å². The Morgan fingerprint density at radius 2 is 2.00 bits per heavy atom. The van der Waals surface area contributed by atoms with E-state index in [0.717, 1.165) is 18.8 Å². The number of rotatable bonds is 4. The molecule has 0 saturated heterocycles. The molecule has 1 aliphatic rings. The molecule has 0 N–H and O–H groups in total. The maximum Gasteiger partial charge on any atom is 0.147 e. The molecule has 90 valence electrons. The minimum Gasteiger partial charge on any atom is -0.314 e. The molecule has 0 atom stereocenters. The summed E-state index contributed by atoms with van der Waals surface area (Å²) in [5, 5.41) is 8.57. The van der Waals surface area contributed by atoms with Crippen LogP contribution in [-0.4, -0.2) is 14.8 Å². The second-order valence-corrected chi connectivity index (χ2v) is 4.86. The SMILES string of the molecule is CCCn1c(CCl)nnc1C1CCCCC1. The Hall–Kier alpha value is -0.570. The molecular formula is C12H20ClN3. The van der Waals surface area contributed by atoms with Crippen molar-refractivity contribution in [1.29, 1.82) is 0 Å². The van der Waals surface area contributed by atoms with Crippen LogP contribution in [0.15, 0.2) is 0 Å². The van der Waals surface area contributed by atoms with E-state index in [1.54, 1.807) is 0 Å². The summed E-state index contributed by atoms with van der Waals surface area (Å²) < 4.78 is 2.24. The largest absolute Gasteiger partial charge is 0.314 e. The maximum absolute atomic E-state index is 5.90. The predicted octanol–water partition coefficient (Wildman–Crippen LogP) is 3.47. The second-order valence-electron chi connectivity index (χ2n) is 4.59. The van der Waals surface area contributed by atoms with Gasteiger partial charge in [0.2, 0.25) is 0 Å². The Morgan fingerprint density at radius 3 is 2.62 bits per heavy atom. The predicted molar refractivity (Wildman–Crippen MR) is 65.7 cm³/mol. The van der Waals surface area contributed by atoms with E-state index in [-0.39, 0.29) is 0 Å². The normalized spacial score (nSPS) is 17.9. The fraction of sp³-hybridized carbons (Fsp3) is 0.833. The fourth-order valence-electron chi connectivity index (χ4n) is 2.58. The molecule has 1 aliphatic carbocycles. The second kappa shape index (κ2) is 5.67. The topological polar surface area (TPSA) is 30.7 Å². The van der Waals surface area contributed by atoms with Crippen LogP contribution in [0, 0.1) is 0 Å². The third-order valence-corrected chi connectivity index (χ3v) is 3.63. The Balaban J connectivity index is 2.20. The molecule has 1 aromatic rings. The van der Waals surface area contributed by atoms with Gasteiger partial charge in [0.15, 0.2) is 0 Å². The fourth-order valence-corrected chi connectivity index (χ4v) is 2.78. The molecule has 1 saturated carbocycles. The lowest BCUT2D eigenvalue weighted by atomic mass is 9.88. The summed E-state index contributed by atoms with van der Waals surface area (Å²) in [4.78, 5) is 0. The van der Waals surface area contributed by atoms with Gasteiger partial charge in [-0.3, -0.25) is 0 Å². The van der Waals surface area contributed by atoms with Gasteiger partial charge >= 0.3 is 0 Å². The summed E-state index contributed by atoms with van der Waals surface area (Å²) in [5.74, 6) is 3.20. The van der Waals surface area contributed by atoms with E-state index in [0.29, 0.717) is 11.8 Å². The van der Waals surface area contributed by atoms with Gasteiger partial charge in [-0.1, -0.05) is 26.2 Å². The quantitative estimate of drug-likeness (QED) is 0.756. The molecule has 4 heteroatoms. The van der Waals surface area contributed by atoms with Crippen LogP contribution in [0.4, 0.5) is 0 Å². The van der Waals surface area contributed by atoms with Crippen molar-refractivity contribution in [2.24, 2.45) is 0 Å². The van der Waals surface area contributed by atoms with Crippen LogP contribution >= 0.6 is 11.6 Å². The lowest BCUT2D eigenvalue weighted by molar-refractivity contribution is 0.412. The highest BCUT2D eigenvalue weighted by atomic mass is 35.5. The van der Waals surface area contributed by atoms with Gasteiger partial charge in [0.25, 0.3) is 0 Å². The molecular weight excluding hydrogens is 222 g/mol. The van der Waals surface area contributed by atoms with Gasteiger partial charge < -0.3 is 4.57 Å². The number of halogens is 1. The zero-order valence-electron chi connectivity index (χ0n) is 9.95. The zero-order valence-corrected chi connectivity index (χ0v) is 10.7. The molecule has 2 rings (SSSR count). The number of nitrogens with zero attached hydrogens (tertiary/aromatic N) is 3. The highest BCUT2D eigenvalue weighted by Gasteiger charge is 2.22. The van der Waals surface area contributed by atoms with E-state index in [2.05, 4.69) is 21.7 Å². The minimum absolute atomic E-state index is 0.472. The molecule has 0 radical (unpaired) electrons. The molecule has 3 nitrogen and oxygen atoms in total. The third-order valence-electron chi connectivity index (χ3n) is 3.39. The summed E-state index contributed by atoms with van der Waals surface area (Å²) in [6, 6.07) is 0. The lowest BCUT2D eigenvalue weighted by Gasteiger charge is -2.21. The number of aromatic nitrogens is 3. The first-order chi connectivity index (χ1) is 7.86. The van der Waals surface area contributed by atoms with Crippen LogP contribution in [-0.2, 0) is 12.4 Å². The zero-order chi connectivity index (χ0) is 11.4. The van der Waals surface area contributed by atoms with Gasteiger partial charge in [-0.25, -0.2) is 0 Å². The molecule has 1 aromatic heterocycles. The van der Waals surface area contributed by atoms with Crippen molar-refractivity contribution in [1.82, 2.24) is 14.8 Å². The third kappa shape index (κ3) is 2.40. The van der Waals surface area contributed by atoms with Crippen LogP contribution in [0.25, 0.3) is 0 Å². The maximum atomic E-state index is 5.90. The average molecular weight is 242 g/mol. The van der Waals surface area contributed by atoms with E-state index in [4.69, 9.17) is 11.6 Å². The summed E-state index contributed by atoms with van der Waals surface area (Å²) in [5.41, 5.74) is 0.